The predicted molar refractivity (Wildman–Crippen MR) is 91.4 cm³/mol. The van der Waals surface area contributed by atoms with E-state index in [0.717, 1.165) is 19.3 Å². The van der Waals surface area contributed by atoms with Crippen LogP contribution in [0.3, 0.4) is 0 Å². The van der Waals surface area contributed by atoms with E-state index >= 15 is 0 Å². The number of hydrogen-bond acceptors (Lipinski definition) is 6. The largest absolute Gasteiger partial charge is 0.504 e. The van der Waals surface area contributed by atoms with Gasteiger partial charge in [-0.05, 0) is 6.42 Å². The van der Waals surface area contributed by atoms with Crippen molar-refractivity contribution in [2.45, 2.75) is 89.4 Å². The van der Waals surface area contributed by atoms with Crippen LogP contribution in [0.5, 0.6) is 0 Å². The maximum Gasteiger partial charge on any atom is 0.322 e. The maximum absolute atomic E-state index is 9.72. The molecule has 0 saturated heterocycles. The molecular weight excluding hydrogens is 312 g/mol. The van der Waals surface area contributed by atoms with Crippen molar-refractivity contribution in [3.05, 3.63) is 11.7 Å². The monoisotopic (exact) mass is 346 g/mol. The van der Waals surface area contributed by atoms with Crippen molar-refractivity contribution in [3.63, 3.8) is 0 Å². The molecule has 0 aromatic carbocycles. The number of unbranched alkanes of at least 4 members (excludes halogenated alkanes) is 9. The van der Waals surface area contributed by atoms with Crippen LogP contribution < -0.4 is 0 Å². The number of hydrogen-bond donors (Lipinski definition) is 4. The Morgan fingerprint density at radius 1 is 0.917 bits per heavy atom. The normalized spacial score (nSPS) is 24.1. The highest BCUT2D eigenvalue weighted by atomic mass is 16.7. The van der Waals surface area contributed by atoms with E-state index in [4.69, 9.17) is 14.6 Å². The lowest BCUT2D eigenvalue weighted by atomic mass is 10.0. The summed E-state index contributed by atoms with van der Waals surface area (Å²) in [5.41, 5.74) is 0. The minimum atomic E-state index is -1.49. The quantitative estimate of drug-likeness (QED) is 0.383. The van der Waals surface area contributed by atoms with E-state index in [1.165, 1.54) is 44.9 Å². The van der Waals surface area contributed by atoms with Gasteiger partial charge in [-0.3, -0.25) is 0 Å². The van der Waals surface area contributed by atoms with E-state index in [2.05, 4.69) is 6.92 Å². The number of aliphatic hydroxyl groups excluding tert-OH is 4. The molecule has 0 saturated carbocycles. The first-order valence-electron chi connectivity index (χ1n) is 9.31. The summed E-state index contributed by atoms with van der Waals surface area (Å²) < 4.78 is 10.5. The van der Waals surface area contributed by atoms with Crippen LogP contribution in [0.1, 0.15) is 71.1 Å². The van der Waals surface area contributed by atoms with Gasteiger partial charge in [0.1, 0.15) is 12.2 Å². The van der Waals surface area contributed by atoms with Crippen molar-refractivity contribution >= 4 is 0 Å². The van der Waals surface area contributed by atoms with Gasteiger partial charge in [-0.15, -0.1) is 0 Å². The summed E-state index contributed by atoms with van der Waals surface area (Å²) in [5, 5.41) is 38.1. The van der Waals surface area contributed by atoms with Gasteiger partial charge in [0.05, 0.1) is 13.2 Å². The second-order valence-electron chi connectivity index (χ2n) is 6.48. The van der Waals surface area contributed by atoms with Gasteiger partial charge in [0.25, 0.3) is 0 Å². The Morgan fingerprint density at radius 3 is 2.00 bits per heavy atom. The second kappa shape index (κ2) is 12.4. The van der Waals surface area contributed by atoms with Crippen LogP contribution in [0.4, 0.5) is 0 Å². The summed E-state index contributed by atoms with van der Waals surface area (Å²) in [5.74, 6) is -0.706. The highest BCUT2D eigenvalue weighted by Crippen LogP contribution is 2.24. The van der Waals surface area contributed by atoms with Gasteiger partial charge in [0, 0.05) is 0 Å². The van der Waals surface area contributed by atoms with Crippen LogP contribution in [0.2, 0.25) is 0 Å². The van der Waals surface area contributed by atoms with Crippen LogP contribution in [0.25, 0.3) is 0 Å². The molecule has 1 rings (SSSR count). The van der Waals surface area contributed by atoms with Gasteiger partial charge in [0.15, 0.2) is 6.10 Å². The summed E-state index contributed by atoms with van der Waals surface area (Å²) in [6, 6.07) is 0. The number of aliphatic hydroxyl groups is 4. The fourth-order valence-corrected chi connectivity index (χ4v) is 2.76. The van der Waals surface area contributed by atoms with Crippen molar-refractivity contribution < 1.29 is 29.9 Å². The first-order chi connectivity index (χ1) is 11.6. The van der Waals surface area contributed by atoms with Gasteiger partial charge in [-0.25, -0.2) is 0 Å². The van der Waals surface area contributed by atoms with Gasteiger partial charge in [-0.1, -0.05) is 64.7 Å². The van der Waals surface area contributed by atoms with E-state index in [1.807, 2.05) is 0 Å². The molecule has 1 aliphatic rings. The van der Waals surface area contributed by atoms with Crippen molar-refractivity contribution in [2.75, 3.05) is 13.2 Å². The molecule has 0 fully saturated rings. The van der Waals surface area contributed by atoms with Gasteiger partial charge < -0.3 is 29.9 Å². The zero-order chi connectivity index (χ0) is 17.8. The summed E-state index contributed by atoms with van der Waals surface area (Å²) in [7, 11) is 0. The molecule has 6 heteroatoms. The van der Waals surface area contributed by atoms with Crippen molar-refractivity contribution in [3.8, 4) is 0 Å². The van der Waals surface area contributed by atoms with Crippen molar-refractivity contribution in [1.29, 1.82) is 0 Å². The minimum absolute atomic E-state index is 0.192. The van der Waals surface area contributed by atoms with E-state index in [1.54, 1.807) is 0 Å². The molecule has 0 spiro atoms. The van der Waals surface area contributed by atoms with Crippen molar-refractivity contribution in [2.24, 2.45) is 0 Å². The van der Waals surface area contributed by atoms with Gasteiger partial charge in [-0.2, -0.15) is 0 Å². The summed E-state index contributed by atoms with van der Waals surface area (Å²) >= 11 is 0. The molecule has 0 amide bonds. The third-order valence-electron chi connectivity index (χ3n) is 4.36. The first kappa shape index (κ1) is 21.1. The molecule has 0 unspecified atom stereocenters. The third kappa shape index (κ3) is 7.28. The standard InChI is InChI=1S/C18H34O6/c1-2-3-4-5-6-7-8-9-10-11-12-23-18-17(22)16(21)15(20)14(13-19)24-18/h14-16,19-22H,2-13H2,1H3/t14-,15-,16+/m1/s1. The fourth-order valence-electron chi connectivity index (χ4n) is 2.76. The topological polar surface area (TPSA) is 99.4 Å². The highest BCUT2D eigenvalue weighted by Gasteiger charge is 2.39. The Bertz CT molecular complexity index is 357. The number of rotatable bonds is 13. The lowest BCUT2D eigenvalue weighted by Crippen LogP contribution is -2.46. The minimum Gasteiger partial charge on any atom is -0.504 e. The van der Waals surface area contributed by atoms with Crippen LogP contribution in [-0.4, -0.2) is 52.0 Å². The maximum atomic E-state index is 9.72. The lowest BCUT2D eigenvalue weighted by molar-refractivity contribution is -0.148. The zero-order valence-electron chi connectivity index (χ0n) is 14.8. The smallest absolute Gasteiger partial charge is 0.322 e. The molecule has 3 atom stereocenters. The Balaban J connectivity index is 2.08. The predicted octanol–water partition coefficient (Wildman–Crippen LogP) is 2.76. The van der Waals surface area contributed by atoms with Crippen LogP contribution in [-0.2, 0) is 9.47 Å². The zero-order valence-corrected chi connectivity index (χ0v) is 14.8. The average Bonchev–Trinajstić information content (AvgIpc) is 2.59. The third-order valence-corrected chi connectivity index (χ3v) is 4.36. The average molecular weight is 346 g/mol. The van der Waals surface area contributed by atoms with E-state index < -0.39 is 30.7 Å². The van der Waals surface area contributed by atoms with Gasteiger partial charge >= 0.3 is 5.95 Å². The summed E-state index contributed by atoms with van der Waals surface area (Å²) in [4.78, 5) is 0. The molecular formula is C18H34O6. The van der Waals surface area contributed by atoms with E-state index in [0.29, 0.717) is 6.61 Å². The lowest BCUT2D eigenvalue weighted by Gasteiger charge is -2.31. The number of ether oxygens (including phenoxy) is 2. The fraction of sp³-hybridized carbons (Fsp3) is 0.889. The molecule has 6 nitrogen and oxygen atoms in total. The van der Waals surface area contributed by atoms with Crippen LogP contribution in [0, 0.1) is 0 Å². The first-order valence-corrected chi connectivity index (χ1v) is 9.31. The molecule has 0 radical (unpaired) electrons. The van der Waals surface area contributed by atoms with Crippen molar-refractivity contribution in [1.82, 2.24) is 0 Å². The molecule has 142 valence electrons. The molecule has 0 bridgehead atoms. The SMILES string of the molecule is CCCCCCCCCCCCOC1=C(O)[C@@H](O)[C@H](O)[C@@H](CO)O1. The Hall–Kier alpha value is -0.980. The molecule has 0 aromatic rings. The second-order valence-corrected chi connectivity index (χ2v) is 6.48. The Kier molecular flexibility index (Phi) is 10.9. The molecule has 0 aliphatic carbocycles. The molecule has 1 heterocycles. The van der Waals surface area contributed by atoms with Gasteiger partial charge in [0.2, 0.25) is 5.76 Å². The van der Waals surface area contributed by atoms with E-state index in [-0.39, 0.29) is 5.95 Å². The molecule has 1 aliphatic heterocycles. The highest BCUT2D eigenvalue weighted by molar-refractivity contribution is 5.08. The van der Waals surface area contributed by atoms with Crippen LogP contribution >= 0.6 is 0 Å². The molecule has 24 heavy (non-hydrogen) atoms. The Labute approximate surface area is 145 Å². The summed E-state index contributed by atoms with van der Waals surface area (Å²) in [6.45, 7) is 2.14. The Morgan fingerprint density at radius 2 is 1.46 bits per heavy atom. The summed E-state index contributed by atoms with van der Waals surface area (Å²) in [6.07, 6.45) is 8.32. The molecule has 0 aromatic heterocycles. The van der Waals surface area contributed by atoms with Crippen LogP contribution in [0.15, 0.2) is 11.7 Å². The molecule has 4 N–H and O–H groups in total. The van der Waals surface area contributed by atoms with E-state index in [9.17, 15) is 15.3 Å².